The fraction of sp³-hybridized carbons (Fsp3) is 0.400. The van der Waals surface area contributed by atoms with Crippen molar-refractivity contribution in [2.24, 2.45) is 17.8 Å². The number of fused-ring (bicyclic) bond motifs is 3. The van der Waals surface area contributed by atoms with E-state index in [1.165, 1.54) is 25.7 Å². The highest BCUT2D eigenvalue weighted by molar-refractivity contribution is 6.00. The van der Waals surface area contributed by atoms with Gasteiger partial charge < -0.3 is 14.2 Å². The number of Topliss-reactive ketones (excluding diaryl/α,β-unsaturated/α-hetero) is 2. The van der Waals surface area contributed by atoms with Crippen molar-refractivity contribution in [1.82, 2.24) is 0 Å². The topological polar surface area (TPSA) is 61.8 Å². The molecule has 182 valence electrons. The third-order valence-electron chi connectivity index (χ3n) is 7.78. The zero-order chi connectivity index (χ0) is 24.4. The molecule has 2 aliphatic rings. The second kappa shape index (κ2) is 10.1. The second-order valence-corrected chi connectivity index (χ2v) is 9.90. The maximum atomic E-state index is 12.5. The number of hydrogen-bond donors (Lipinski definition) is 0. The second-order valence-electron chi connectivity index (χ2n) is 9.90. The van der Waals surface area contributed by atoms with Crippen molar-refractivity contribution in [3.05, 3.63) is 60.2 Å². The Morgan fingerprint density at radius 2 is 1.46 bits per heavy atom. The SMILES string of the molecule is COc1cc2cccc(Oc3ccc(CC(=O)CC(=O)CC4C5CCC4CC5)cc3)c2cc1OC. The summed E-state index contributed by atoms with van der Waals surface area (Å²) in [5, 5.41) is 1.90. The maximum Gasteiger partial charge on any atom is 0.161 e. The molecule has 0 atom stereocenters. The lowest BCUT2D eigenvalue weighted by Crippen LogP contribution is -2.16. The van der Waals surface area contributed by atoms with Gasteiger partial charge in [-0.15, -0.1) is 0 Å². The van der Waals surface area contributed by atoms with E-state index >= 15 is 0 Å². The summed E-state index contributed by atoms with van der Waals surface area (Å²) in [6, 6.07) is 17.2. The third-order valence-corrected chi connectivity index (χ3v) is 7.78. The maximum absolute atomic E-state index is 12.5. The van der Waals surface area contributed by atoms with Crippen LogP contribution < -0.4 is 14.2 Å². The summed E-state index contributed by atoms with van der Waals surface area (Å²) in [5.41, 5.74) is 0.889. The van der Waals surface area contributed by atoms with Crippen molar-refractivity contribution in [3.63, 3.8) is 0 Å². The quantitative estimate of drug-likeness (QED) is 0.313. The van der Waals surface area contributed by atoms with E-state index in [-0.39, 0.29) is 24.4 Å². The highest BCUT2D eigenvalue weighted by Gasteiger charge is 2.42. The van der Waals surface area contributed by atoms with Crippen LogP contribution in [0.15, 0.2) is 54.6 Å². The molecule has 0 radical (unpaired) electrons. The average Bonchev–Trinajstić information content (AvgIpc) is 3.43. The van der Waals surface area contributed by atoms with E-state index in [1.807, 2.05) is 54.6 Å². The Hall–Kier alpha value is -3.34. The molecule has 5 heteroatoms. The van der Waals surface area contributed by atoms with Gasteiger partial charge in [0.2, 0.25) is 0 Å². The van der Waals surface area contributed by atoms with Crippen molar-refractivity contribution in [3.8, 4) is 23.0 Å². The van der Waals surface area contributed by atoms with E-state index in [4.69, 9.17) is 14.2 Å². The van der Waals surface area contributed by atoms with Crippen LogP contribution in [-0.2, 0) is 16.0 Å². The fourth-order valence-corrected chi connectivity index (χ4v) is 6.03. The van der Waals surface area contributed by atoms with Crippen molar-refractivity contribution < 1.29 is 23.8 Å². The van der Waals surface area contributed by atoms with Gasteiger partial charge in [0.15, 0.2) is 11.5 Å². The molecule has 0 spiro atoms. The molecule has 0 unspecified atom stereocenters. The summed E-state index contributed by atoms with van der Waals surface area (Å²) < 4.78 is 17.0. The smallest absolute Gasteiger partial charge is 0.161 e. The van der Waals surface area contributed by atoms with Gasteiger partial charge in [-0.3, -0.25) is 9.59 Å². The number of hydrogen-bond acceptors (Lipinski definition) is 5. The van der Waals surface area contributed by atoms with Gasteiger partial charge in [-0.25, -0.2) is 0 Å². The largest absolute Gasteiger partial charge is 0.493 e. The van der Waals surface area contributed by atoms with Crippen LogP contribution in [0.5, 0.6) is 23.0 Å². The molecule has 2 fully saturated rings. The van der Waals surface area contributed by atoms with Gasteiger partial charge in [0.1, 0.15) is 23.1 Å². The predicted octanol–water partition coefficient (Wildman–Crippen LogP) is 6.55. The summed E-state index contributed by atoms with van der Waals surface area (Å²) >= 11 is 0. The Kier molecular flexibility index (Phi) is 6.76. The third kappa shape index (κ3) is 5.04. The number of ether oxygens (including phenoxy) is 3. The Morgan fingerprint density at radius 3 is 2.11 bits per heavy atom. The first kappa shape index (κ1) is 23.4. The monoisotopic (exact) mass is 472 g/mol. The minimum atomic E-state index is -0.0101. The number of carbonyl (C=O) groups is 2. The number of ketones is 2. The molecule has 0 heterocycles. The van der Waals surface area contributed by atoms with E-state index in [2.05, 4.69) is 0 Å². The van der Waals surface area contributed by atoms with Gasteiger partial charge >= 0.3 is 0 Å². The normalized spacial score (nSPS) is 20.7. The van der Waals surface area contributed by atoms with E-state index in [9.17, 15) is 9.59 Å². The van der Waals surface area contributed by atoms with E-state index in [0.29, 0.717) is 35.3 Å². The van der Waals surface area contributed by atoms with Crippen LogP contribution in [0.4, 0.5) is 0 Å². The summed E-state index contributed by atoms with van der Waals surface area (Å²) in [7, 11) is 3.23. The molecule has 5 rings (SSSR count). The number of rotatable bonds is 10. The highest BCUT2D eigenvalue weighted by atomic mass is 16.5. The molecule has 0 aliphatic heterocycles. The molecule has 0 N–H and O–H groups in total. The van der Waals surface area contributed by atoms with Gasteiger partial charge in [0.25, 0.3) is 0 Å². The van der Waals surface area contributed by atoms with Gasteiger partial charge in [-0.2, -0.15) is 0 Å². The lowest BCUT2D eigenvalue weighted by molar-refractivity contribution is -0.127. The standard InChI is InChI=1S/C30H32O5/c1-33-29-15-22-4-3-5-28(27(22)18-30(29)34-2)35-25-12-6-19(7-13-25)14-23(31)16-24(32)17-26-20-8-9-21(26)11-10-20/h3-7,12-13,15,18,20-21,26H,8-11,14,16-17H2,1-2H3. The lowest BCUT2D eigenvalue weighted by Gasteiger charge is -2.14. The molecule has 35 heavy (non-hydrogen) atoms. The van der Waals surface area contributed by atoms with Crippen molar-refractivity contribution in [2.45, 2.75) is 44.9 Å². The number of methoxy groups -OCH3 is 2. The van der Waals surface area contributed by atoms with Crippen LogP contribution in [0.25, 0.3) is 10.8 Å². The number of benzene rings is 3. The Balaban J connectivity index is 1.20. The molecule has 3 aromatic carbocycles. The zero-order valence-corrected chi connectivity index (χ0v) is 20.4. The zero-order valence-electron chi connectivity index (χ0n) is 20.4. The lowest BCUT2D eigenvalue weighted by atomic mass is 9.90. The van der Waals surface area contributed by atoms with Gasteiger partial charge in [0.05, 0.1) is 20.6 Å². The van der Waals surface area contributed by atoms with Gasteiger partial charge in [-0.1, -0.05) is 24.3 Å². The summed E-state index contributed by atoms with van der Waals surface area (Å²) in [4.78, 5) is 25.0. The van der Waals surface area contributed by atoms with Crippen LogP contribution in [0.3, 0.4) is 0 Å². The molecule has 0 saturated heterocycles. The van der Waals surface area contributed by atoms with Gasteiger partial charge in [-0.05, 0) is 84.7 Å². The van der Waals surface area contributed by atoms with Crippen LogP contribution >= 0.6 is 0 Å². The molecule has 2 saturated carbocycles. The Morgan fingerprint density at radius 1 is 0.800 bits per heavy atom. The van der Waals surface area contributed by atoms with Crippen molar-refractivity contribution in [1.29, 1.82) is 0 Å². The molecule has 2 aliphatic carbocycles. The van der Waals surface area contributed by atoms with Crippen molar-refractivity contribution >= 4 is 22.3 Å². The minimum absolute atomic E-state index is 0.0101. The molecule has 5 nitrogen and oxygen atoms in total. The average molecular weight is 473 g/mol. The minimum Gasteiger partial charge on any atom is -0.493 e. The van der Waals surface area contributed by atoms with Crippen LogP contribution in [-0.4, -0.2) is 25.8 Å². The summed E-state index contributed by atoms with van der Waals surface area (Å²) in [5.74, 6) is 4.76. The summed E-state index contributed by atoms with van der Waals surface area (Å²) in [6.45, 7) is 0. The van der Waals surface area contributed by atoms with Crippen molar-refractivity contribution in [2.75, 3.05) is 14.2 Å². The molecule has 2 bridgehead atoms. The van der Waals surface area contributed by atoms with E-state index < -0.39 is 0 Å². The molecule has 3 aromatic rings. The van der Waals surface area contributed by atoms with Gasteiger partial charge in [0, 0.05) is 18.2 Å². The Labute approximate surface area is 206 Å². The molecule has 0 aromatic heterocycles. The first-order valence-electron chi connectivity index (χ1n) is 12.5. The molecule has 0 amide bonds. The first-order chi connectivity index (χ1) is 17.0. The van der Waals surface area contributed by atoms with Crippen LogP contribution in [0.1, 0.15) is 44.1 Å². The fourth-order valence-electron chi connectivity index (χ4n) is 6.03. The number of carbonyl (C=O) groups excluding carboxylic acids is 2. The first-order valence-corrected chi connectivity index (χ1v) is 12.5. The van der Waals surface area contributed by atoms with Crippen LogP contribution in [0.2, 0.25) is 0 Å². The molecular weight excluding hydrogens is 440 g/mol. The summed E-state index contributed by atoms with van der Waals surface area (Å²) in [6.07, 6.45) is 5.99. The highest BCUT2D eigenvalue weighted by Crippen LogP contribution is 2.50. The van der Waals surface area contributed by atoms with Crippen LogP contribution in [0, 0.1) is 17.8 Å². The predicted molar refractivity (Wildman–Crippen MR) is 135 cm³/mol. The molecular formula is C30H32O5. The van der Waals surface area contributed by atoms with E-state index in [0.717, 1.165) is 28.2 Å². The van der Waals surface area contributed by atoms with E-state index in [1.54, 1.807) is 14.2 Å². The Bertz CT molecular complexity index is 1210.